The second-order valence-corrected chi connectivity index (χ2v) is 8.50. The maximum Gasteiger partial charge on any atom is 0.261 e. The van der Waals surface area contributed by atoms with Crippen molar-refractivity contribution in [2.24, 2.45) is 5.41 Å². The van der Waals surface area contributed by atoms with Crippen LogP contribution in [0.15, 0.2) is 39.6 Å². The highest BCUT2D eigenvalue weighted by Gasteiger charge is 2.32. The number of aromatic amines is 1. The van der Waals surface area contributed by atoms with E-state index < -0.39 is 17.4 Å². The molecule has 3 N–H and O–H groups in total. The van der Waals surface area contributed by atoms with Gasteiger partial charge in [-0.2, -0.15) is 0 Å². The van der Waals surface area contributed by atoms with E-state index >= 15 is 0 Å². The quantitative estimate of drug-likeness (QED) is 0.671. The number of hydrogen-bond acceptors (Lipinski definition) is 4. The Balaban J connectivity index is 1.68. The highest BCUT2D eigenvalue weighted by Crippen LogP contribution is 2.33. The number of ketones is 1. The van der Waals surface area contributed by atoms with Crippen molar-refractivity contribution in [2.45, 2.75) is 26.7 Å². The Kier molecular flexibility index (Phi) is 5.51. The number of pyridine rings is 1. The first-order valence-corrected chi connectivity index (χ1v) is 9.57. The minimum atomic E-state index is -0.701. The lowest BCUT2D eigenvalue weighted by atomic mass is 9.75. The number of anilines is 1. The molecule has 0 saturated heterocycles. The van der Waals surface area contributed by atoms with E-state index in [1.807, 2.05) is 13.8 Å². The Morgan fingerprint density at radius 2 is 1.82 bits per heavy atom. The highest BCUT2D eigenvalue weighted by molar-refractivity contribution is 9.10. The Bertz CT molecular complexity index is 1010. The van der Waals surface area contributed by atoms with Crippen molar-refractivity contribution >= 4 is 39.2 Å². The minimum absolute atomic E-state index is 0.107. The molecule has 8 heteroatoms. The normalized spacial score (nSPS) is 14.9. The smallest absolute Gasteiger partial charge is 0.261 e. The largest absolute Gasteiger partial charge is 0.343 e. The van der Waals surface area contributed by atoms with Gasteiger partial charge in [-0.25, -0.2) is 0 Å². The zero-order chi connectivity index (χ0) is 20.5. The van der Waals surface area contributed by atoms with Crippen molar-refractivity contribution in [3.63, 3.8) is 0 Å². The summed E-state index contributed by atoms with van der Waals surface area (Å²) >= 11 is 3.30. The van der Waals surface area contributed by atoms with Crippen LogP contribution in [-0.4, -0.2) is 29.1 Å². The first-order chi connectivity index (χ1) is 13.1. The standard InChI is InChI=1S/C20H20BrN3O4/c1-20(2)8-15-13(16(25)9-20)7-14(19(28)24-15)18(27)22-10-17(26)23-12-5-3-11(21)4-6-12/h3-7H,8-10H2,1-2H3,(H,22,27)(H,23,26)(H,24,28). The van der Waals surface area contributed by atoms with Gasteiger partial charge in [-0.1, -0.05) is 29.8 Å². The van der Waals surface area contributed by atoms with Gasteiger partial charge in [-0.05, 0) is 42.2 Å². The molecule has 1 aliphatic rings. The van der Waals surface area contributed by atoms with E-state index in [1.54, 1.807) is 24.3 Å². The van der Waals surface area contributed by atoms with Crippen molar-refractivity contribution in [3.05, 3.63) is 62.0 Å². The van der Waals surface area contributed by atoms with Crippen molar-refractivity contribution in [1.29, 1.82) is 0 Å². The molecule has 0 radical (unpaired) electrons. The number of hydrogen-bond donors (Lipinski definition) is 3. The van der Waals surface area contributed by atoms with E-state index in [0.717, 1.165) is 4.47 Å². The van der Waals surface area contributed by atoms with Gasteiger partial charge in [-0.3, -0.25) is 19.2 Å². The number of nitrogens with one attached hydrogen (secondary N) is 3. The number of amides is 2. The molecule has 0 atom stereocenters. The average Bonchev–Trinajstić information content (AvgIpc) is 2.60. The number of carbonyl (C=O) groups is 3. The number of rotatable bonds is 4. The predicted molar refractivity (Wildman–Crippen MR) is 109 cm³/mol. The summed E-state index contributed by atoms with van der Waals surface area (Å²) in [5, 5.41) is 5.06. The van der Waals surface area contributed by atoms with E-state index in [1.165, 1.54) is 6.07 Å². The van der Waals surface area contributed by atoms with Crippen LogP contribution < -0.4 is 16.2 Å². The second-order valence-electron chi connectivity index (χ2n) is 7.58. The summed E-state index contributed by atoms with van der Waals surface area (Å²) in [6.45, 7) is 3.61. The summed E-state index contributed by atoms with van der Waals surface area (Å²) in [5.41, 5.74) is 0.516. The molecule has 0 unspecified atom stereocenters. The third kappa shape index (κ3) is 4.56. The number of aromatic nitrogens is 1. The molecular formula is C20H20BrN3O4. The molecule has 0 aliphatic heterocycles. The Morgan fingerprint density at radius 1 is 1.14 bits per heavy atom. The fourth-order valence-corrected chi connectivity index (χ4v) is 3.46. The molecule has 2 aromatic rings. The monoisotopic (exact) mass is 445 g/mol. The van der Waals surface area contributed by atoms with E-state index in [9.17, 15) is 19.2 Å². The van der Waals surface area contributed by atoms with Gasteiger partial charge in [0.2, 0.25) is 5.91 Å². The van der Waals surface area contributed by atoms with E-state index in [4.69, 9.17) is 0 Å². The summed E-state index contributed by atoms with van der Waals surface area (Å²) in [6, 6.07) is 8.31. The predicted octanol–water partition coefficient (Wildman–Crippen LogP) is 2.66. The molecule has 0 fully saturated rings. The van der Waals surface area contributed by atoms with Crippen LogP contribution in [0.25, 0.3) is 0 Å². The molecule has 2 amide bonds. The second kappa shape index (κ2) is 7.71. The van der Waals surface area contributed by atoms with Crippen LogP contribution in [0.4, 0.5) is 5.69 Å². The Hall–Kier alpha value is -2.74. The summed E-state index contributed by atoms with van der Waals surface area (Å²) in [5.74, 6) is -1.24. The summed E-state index contributed by atoms with van der Waals surface area (Å²) < 4.78 is 0.878. The first-order valence-electron chi connectivity index (χ1n) is 8.78. The number of Topliss-reactive ketones (excluding diaryl/α,β-unsaturated/α-hetero) is 1. The van der Waals surface area contributed by atoms with Crippen molar-refractivity contribution in [2.75, 3.05) is 11.9 Å². The van der Waals surface area contributed by atoms with Crippen molar-refractivity contribution in [3.8, 4) is 0 Å². The lowest BCUT2D eigenvalue weighted by molar-refractivity contribution is -0.115. The SMILES string of the molecule is CC1(C)CC(=O)c2cc(C(=O)NCC(=O)Nc3ccc(Br)cc3)c(=O)[nH]c2C1. The minimum Gasteiger partial charge on any atom is -0.343 e. The van der Waals surface area contributed by atoms with Gasteiger partial charge in [0.05, 0.1) is 6.54 Å². The fourth-order valence-electron chi connectivity index (χ4n) is 3.19. The summed E-state index contributed by atoms with van der Waals surface area (Å²) in [7, 11) is 0. The number of halogens is 1. The molecule has 0 spiro atoms. The number of carbonyl (C=O) groups excluding carboxylic acids is 3. The molecular weight excluding hydrogens is 426 g/mol. The summed E-state index contributed by atoms with van der Waals surface area (Å²) in [4.78, 5) is 51.7. The first kappa shape index (κ1) is 20.0. The van der Waals surface area contributed by atoms with Gasteiger partial charge >= 0.3 is 0 Å². The topological polar surface area (TPSA) is 108 Å². The molecule has 28 heavy (non-hydrogen) atoms. The molecule has 3 rings (SSSR count). The number of H-pyrrole nitrogens is 1. The number of benzene rings is 1. The molecule has 1 aromatic carbocycles. The van der Waals surface area contributed by atoms with E-state index in [-0.39, 0.29) is 23.3 Å². The summed E-state index contributed by atoms with van der Waals surface area (Å²) in [6.07, 6.45) is 0.906. The van der Waals surface area contributed by atoms with Crippen LogP contribution in [0.1, 0.15) is 46.7 Å². The lowest BCUT2D eigenvalue weighted by Crippen LogP contribution is -2.37. The molecule has 0 bridgehead atoms. The van der Waals surface area contributed by atoms with E-state index in [2.05, 4.69) is 31.5 Å². The van der Waals surface area contributed by atoms with Crippen LogP contribution >= 0.6 is 15.9 Å². The van der Waals surface area contributed by atoms with Crippen LogP contribution in [0.5, 0.6) is 0 Å². The van der Waals surface area contributed by atoms with E-state index in [0.29, 0.717) is 29.8 Å². The zero-order valence-corrected chi connectivity index (χ0v) is 17.1. The van der Waals surface area contributed by atoms with Gasteiger partial charge in [0.25, 0.3) is 11.5 Å². The maximum absolute atomic E-state index is 12.4. The highest BCUT2D eigenvalue weighted by atomic mass is 79.9. The van der Waals surface area contributed by atoms with Crippen LogP contribution in [0, 0.1) is 5.41 Å². The van der Waals surface area contributed by atoms with Crippen LogP contribution in [-0.2, 0) is 11.2 Å². The molecule has 146 valence electrons. The van der Waals surface area contributed by atoms with Gasteiger partial charge in [-0.15, -0.1) is 0 Å². The number of fused-ring (bicyclic) bond motifs is 1. The van der Waals surface area contributed by atoms with Gasteiger partial charge in [0.15, 0.2) is 5.78 Å². The molecule has 7 nitrogen and oxygen atoms in total. The third-order valence-electron chi connectivity index (χ3n) is 4.50. The molecule has 1 heterocycles. The van der Waals surface area contributed by atoms with Gasteiger partial charge in [0.1, 0.15) is 5.56 Å². The van der Waals surface area contributed by atoms with Crippen molar-refractivity contribution in [1.82, 2.24) is 10.3 Å². The molecule has 1 aromatic heterocycles. The van der Waals surface area contributed by atoms with Gasteiger partial charge in [0, 0.05) is 27.8 Å². The lowest BCUT2D eigenvalue weighted by Gasteiger charge is -2.29. The third-order valence-corrected chi connectivity index (χ3v) is 5.03. The zero-order valence-electron chi connectivity index (χ0n) is 15.5. The average molecular weight is 446 g/mol. The van der Waals surface area contributed by atoms with Crippen molar-refractivity contribution < 1.29 is 14.4 Å². The van der Waals surface area contributed by atoms with Crippen LogP contribution in [0.2, 0.25) is 0 Å². The van der Waals surface area contributed by atoms with Gasteiger partial charge < -0.3 is 15.6 Å². The molecule has 1 aliphatic carbocycles. The maximum atomic E-state index is 12.4. The van der Waals surface area contributed by atoms with Crippen LogP contribution in [0.3, 0.4) is 0 Å². The molecule has 0 saturated carbocycles. The Morgan fingerprint density at radius 3 is 2.50 bits per heavy atom. The fraction of sp³-hybridized carbons (Fsp3) is 0.300. The Labute approximate surface area is 170 Å².